The molecule has 4 aliphatic rings. The maximum absolute atomic E-state index is 13.4. The van der Waals surface area contributed by atoms with Crippen molar-refractivity contribution >= 4 is 17.7 Å². The van der Waals surface area contributed by atoms with Gasteiger partial charge in [0.15, 0.2) is 17.3 Å². The van der Waals surface area contributed by atoms with Crippen LogP contribution in [0.3, 0.4) is 0 Å². The predicted molar refractivity (Wildman–Crippen MR) is 124 cm³/mol. The molecule has 1 aliphatic carbocycles. The molecule has 2 aromatic rings. The number of benzene rings is 2. The summed E-state index contributed by atoms with van der Waals surface area (Å²) in [5.41, 5.74) is 1.97. The first-order valence-corrected chi connectivity index (χ1v) is 12.3. The van der Waals surface area contributed by atoms with Gasteiger partial charge in [-0.1, -0.05) is 18.2 Å². The van der Waals surface area contributed by atoms with E-state index in [0.29, 0.717) is 29.7 Å². The van der Waals surface area contributed by atoms with Crippen LogP contribution in [0.25, 0.3) is 0 Å². The van der Waals surface area contributed by atoms with Crippen LogP contribution in [-0.2, 0) is 15.4 Å². The molecule has 7 nitrogen and oxygen atoms in total. The molecule has 0 bridgehead atoms. The summed E-state index contributed by atoms with van der Waals surface area (Å²) in [5.74, 6) is 1.67. The molecule has 2 aromatic carbocycles. The highest BCUT2D eigenvalue weighted by Gasteiger charge is 2.58. The van der Waals surface area contributed by atoms with E-state index in [-0.39, 0.29) is 43.0 Å². The quantitative estimate of drug-likeness (QED) is 0.567. The van der Waals surface area contributed by atoms with Gasteiger partial charge in [-0.25, -0.2) is 4.79 Å². The van der Waals surface area contributed by atoms with Gasteiger partial charge in [0.1, 0.15) is 5.75 Å². The van der Waals surface area contributed by atoms with E-state index in [9.17, 15) is 4.79 Å². The molecule has 0 radical (unpaired) electrons. The highest BCUT2D eigenvalue weighted by molar-refractivity contribution is 6.17. The molecular weight excluding hydrogens is 458 g/mol. The van der Waals surface area contributed by atoms with Gasteiger partial charge in [-0.05, 0) is 68.0 Å². The van der Waals surface area contributed by atoms with Crippen molar-refractivity contribution in [3.63, 3.8) is 0 Å². The minimum absolute atomic E-state index is 0.0556. The van der Waals surface area contributed by atoms with Crippen LogP contribution in [0.2, 0.25) is 0 Å². The minimum Gasteiger partial charge on any atom is -0.454 e. The summed E-state index contributed by atoms with van der Waals surface area (Å²) >= 11 is 6.43. The zero-order valence-electron chi connectivity index (χ0n) is 19.2. The molecule has 34 heavy (non-hydrogen) atoms. The lowest BCUT2D eigenvalue weighted by atomic mass is 9.70. The number of hydrogen-bond donors (Lipinski definition) is 0. The van der Waals surface area contributed by atoms with Crippen molar-refractivity contribution in [1.29, 1.82) is 0 Å². The van der Waals surface area contributed by atoms with Gasteiger partial charge in [-0.3, -0.25) is 0 Å². The summed E-state index contributed by atoms with van der Waals surface area (Å²) < 4.78 is 29.9. The molecular formula is C26H28ClNO6. The molecule has 1 amide bonds. The fourth-order valence-corrected chi connectivity index (χ4v) is 6.35. The largest absolute Gasteiger partial charge is 0.454 e. The third-order valence-corrected chi connectivity index (χ3v) is 7.67. The van der Waals surface area contributed by atoms with Crippen LogP contribution in [0.5, 0.6) is 17.2 Å². The molecule has 3 aliphatic heterocycles. The first-order chi connectivity index (χ1) is 16.4. The summed E-state index contributed by atoms with van der Waals surface area (Å²) in [5, 5.41) is 0. The molecule has 2 saturated heterocycles. The lowest BCUT2D eigenvalue weighted by Gasteiger charge is -2.43. The van der Waals surface area contributed by atoms with Crippen molar-refractivity contribution in [3.05, 3.63) is 53.6 Å². The fourth-order valence-electron chi connectivity index (χ4n) is 6.11. The zero-order chi connectivity index (χ0) is 23.4. The van der Waals surface area contributed by atoms with Crippen LogP contribution in [-0.4, -0.2) is 48.4 Å². The Morgan fingerprint density at radius 3 is 2.68 bits per heavy atom. The van der Waals surface area contributed by atoms with E-state index in [4.69, 9.17) is 35.3 Å². The number of rotatable bonds is 3. The van der Waals surface area contributed by atoms with Gasteiger partial charge < -0.3 is 28.6 Å². The Morgan fingerprint density at radius 2 is 1.91 bits per heavy atom. The lowest BCUT2D eigenvalue weighted by Crippen LogP contribution is -2.52. The van der Waals surface area contributed by atoms with Gasteiger partial charge in [0.05, 0.1) is 12.2 Å². The number of para-hydroxylation sites is 1. The standard InChI is InChI=1S/C26H28ClNO6/c1-26(2)33-21-10-15-8-9-28(25(29)32-17-6-4-3-5-7-17)23(15)22(24(21)34-26)18-12-20-19(30-14-31-20)11-16(18)13-27/h3-7,11-12,15,21-24H,8-10,13-14H2,1-2H3/t15-,21?,22+,23-,24+/m1/s1. The van der Waals surface area contributed by atoms with Gasteiger partial charge >= 0.3 is 6.09 Å². The Bertz CT molecular complexity index is 1090. The summed E-state index contributed by atoms with van der Waals surface area (Å²) in [6.07, 6.45) is 1.11. The monoisotopic (exact) mass is 485 g/mol. The molecule has 180 valence electrons. The second-order valence-corrected chi connectivity index (χ2v) is 10.1. The number of alkyl halides is 1. The van der Waals surface area contributed by atoms with E-state index in [1.165, 1.54) is 0 Å². The number of likely N-dealkylation sites (tertiary alicyclic amines) is 1. The Balaban J connectivity index is 1.40. The van der Waals surface area contributed by atoms with Crippen LogP contribution in [0.15, 0.2) is 42.5 Å². The van der Waals surface area contributed by atoms with Gasteiger partial charge in [-0.15, -0.1) is 11.6 Å². The van der Waals surface area contributed by atoms with E-state index in [1.807, 2.05) is 49.1 Å². The van der Waals surface area contributed by atoms with Crippen molar-refractivity contribution in [2.45, 2.75) is 62.5 Å². The van der Waals surface area contributed by atoms with E-state index >= 15 is 0 Å². The molecule has 8 heteroatoms. The number of ether oxygens (including phenoxy) is 5. The van der Waals surface area contributed by atoms with E-state index in [1.54, 1.807) is 12.1 Å². The Kier molecular flexibility index (Phi) is 5.39. The molecule has 1 saturated carbocycles. The highest BCUT2D eigenvalue weighted by Crippen LogP contribution is 2.53. The second-order valence-electron chi connectivity index (χ2n) is 9.85. The number of carbonyl (C=O) groups is 1. The number of amides is 1. The van der Waals surface area contributed by atoms with Gasteiger partial charge in [0.25, 0.3) is 0 Å². The average Bonchev–Trinajstić information content (AvgIpc) is 3.52. The molecule has 3 fully saturated rings. The Hall–Kier alpha value is -2.48. The molecule has 5 atom stereocenters. The van der Waals surface area contributed by atoms with Crippen molar-refractivity contribution in [2.75, 3.05) is 13.3 Å². The molecule has 6 rings (SSSR count). The summed E-state index contributed by atoms with van der Waals surface area (Å²) in [4.78, 5) is 15.2. The normalized spacial score (nSPS) is 30.7. The highest BCUT2D eigenvalue weighted by atomic mass is 35.5. The number of halogens is 1. The van der Waals surface area contributed by atoms with Crippen LogP contribution >= 0.6 is 11.6 Å². The van der Waals surface area contributed by atoms with E-state index < -0.39 is 5.79 Å². The van der Waals surface area contributed by atoms with Gasteiger partial charge in [-0.2, -0.15) is 0 Å². The number of nitrogens with zero attached hydrogens (tertiary/aromatic N) is 1. The van der Waals surface area contributed by atoms with Crippen LogP contribution in [0.1, 0.15) is 43.7 Å². The van der Waals surface area contributed by atoms with Crippen molar-refractivity contribution < 1.29 is 28.5 Å². The summed E-state index contributed by atoms with van der Waals surface area (Å²) in [6, 6.07) is 13.1. The molecule has 3 heterocycles. The van der Waals surface area contributed by atoms with Crippen molar-refractivity contribution in [2.24, 2.45) is 5.92 Å². The Labute approximate surface area is 203 Å². The predicted octanol–water partition coefficient (Wildman–Crippen LogP) is 5.05. The first kappa shape index (κ1) is 22.0. The van der Waals surface area contributed by atoms with Crippen LogP contribution in [0, 0.1) is 5.92 Å². The number of hydrogen-bond acceptors (Lipinski definition) is 6. The SMILES string of the molecule is CC1(C)OC2C[C@H]3CCN(C(=O)Oc4ccccc4)[C@H]3[C@H](c3cc4c(cc3CCl)OCO4)[C@H]2O1. The van der Waals surface area contributed by atoms with Gasteiger partial charge in [0.2, 0.25) is 6.79 Å². The second kappa shape index (κ2) is 8.33. The number of fused-ring (bicyclic) bond motifs is 3. The van der Waals surface area contributed by atoms with Crippen LogP contribution in [0.4, 0.5) is 4.79 Å². The lowest BCUT2D eigenvalue weighted by molar-refractivity contribution is -0.147. The number of carbonyl (C=O) groups excluding carboxylic acids is 1. The third-order valence-electron chi connectivity index (χ3n) is 7.38. The smallest absolute Gasteiger partial charge is 0.415 e. The molecule has 0 spiro atoms. The van der Waals surface area contributed by atoms with Crippen molar-refractivity contribution in [1.82, 2.24) is 4.90 Å². The third kappa shape index (κ3) is 3.70. The summed E-state index contributed by atoms with van der Waals surface area (Å²) in [6.45, 7) is 4.70. The van der Waals surface area contributed by atoms with Crippen molar-refractivity contribution in [3.8, 4) is 17.2 Å². The fraction of sp³-hybridized carbons (Fsp3) is 0.500. The molecule has 0 N–H and O–H groups in total. The minimum atomic E-state index is -0.695. The average molecular weight is 486 g/mol. The molecule has 1 unspecified atom stereocenters. The Morgan fingerprint density at radius 1 is 1.15 bits per heavy atom. The topological polar surface area (TPSA) is 66.5 Å². The molecule has 0 aromatic heterocycles. The zero-order valence-corrected chi connectivity index (χ0v) is 20.0. The maximum atomic E-state index is 13.4. The maximum Gasteiger partial charge on any atom is 0.415 e. The van der Waals surface area contributed by atoms with Gasteiger partial charge in [0, 0.05) is 24.4 Å². The summed E-state index contributed by atoms with van der Waals surface area (Å²) in [7, 11) is 0. The van der Waals surface area contributed by atoms with E-state index in [0.717, 1.165) is 24.0 Å². The first-order valence-electron chi connectivity index (χ1n) is 11.8. The van der Waals surface area contributed by atoms with Crippen LogP contribution < -0.4 is 14.2 Å². The van der Waals surface area contributed by atoms with E-state index in [2.05, 4.69) is 0 Å².